The predicted molar refractivity (Wildman–Crippen MR) is 66.7 cm³/mol. The summed E-state index contributed by atoms with van der Waals surface area (Å²) in [4.78, 5) is 15.0. The number of anilines is 1. The molecule has 1 amide bonds. The SMILES string of the molecule is O=C(NNc1ccc(Cl)cc1)c1ncc(F)cc1F. The number of carbonyl (C=O) groups is 1. The number of hydrogen-bond acceptors (Lipinski definition) is 3. The smallest absolute Gasteiger partial charge is 0.291 e. The molecule has 4 nitrogen and oxygen atoms in total. The fourth-order valence-corrected chi connectivity index (χ4v) is 1.43. The highest BCUT2D eigenvalue weighted by Crippen LogP contribution is 2.12. The highest BCUT2D eigenvalue weighted by molar-refractivity contribution is 6.30. The molecule has 19 heavy (non-hydrogen) atoms. The Morgan fingerprint density at radius 3 is 2.53 bits per heavy atom. The van der Waals surface area contributed by atoms with Crippen LogP contribution in [0, 0.1) is 11.6 Å². The van der Waals surface area contributed by atoms with E-state index in [1.165, 1.54) is 0 Å². The van der Waals surface area contributed by atoms with E-state index in [9.17, 15) is 13.6 Å². The van der Waals surface area contributed by atoms with Crippen LogP contribution >= 0.6 is 11.6 Å². The Bertz CT molecular complexity index is 604. The summed E-state index contributed by atoms with van der Waals surface area (Å²) in [5.41, 5.74) is 4.85. The second-order valence-electron chi connectivity index (χ2n) is 3.57. The van der Waals surface area contributed by atoms with Gasteiger partial charge in [-0.2, -0.15) is 0 Å². The van der Waals surface area contributed by atoms with Gasteiger partial charge >= 0.3 is 0 Å². The zero-order chi connectivity index (χ0) is 13.8. The Hall–Kier alpha value is -2.21. The molecule has 2 aromatic rings. The zero-order valence-electron chi connectivity index (χ0n) is 9.45. The van der Waals surface area contributed by atoms with E-state index < -0.39 is 23.2 Å². The monoisotopic (exact) mass is 283 g/mol. The van der Waals surface area contributed by atoms with Gasteiger partial charge in [0.2, 0.25) is 0 Å². The van der Waals surface area contributed by atoms with Crippen molar-refractivity contribution in [2.75, 3.05) is 5.43 Å². The molecule has 0 saturated carbocycles. The van der Waals surface area contributed by atoms with Crippen molar-refractivity contribution in [1.29, 1.82) is 0 Å². The minimum absolute atomic E-state index is 0.497. The standard InChI is InChI=1S/C12H8ClF2N3O/c13-7-1-3-9(4-2-7)17-18-12(19)11-10(15)5-8(14)6-16-11/h1-6,17H,(H,18,19). The molecule has 1 aromatic carbocycles. The molecule has 7 heteroatoms. The van der Waals surface area contributed by atoms with Crippen LogP contribution in [0.5, 0.6) is 0 Å². The third-order valence-corrected chi connectivity index (χ3v) is 2.44. The third-order valence-electron chi connectivity index (χ3n) is 2.19. The van der Waals surface area contributed by atoms with Crippen molar-refractivity contribution >= 4 is 23.2 Å². The van der Waals surface area contributed by atoms with E-state index in [4.69, 9.17) is 11.6 Å². The molecule has 98 valence electrons. The van der Waals surface area contributed by atoms with E-state index in [1.54, 1.807) is 24.3 Å². The van der Waals surface area contributed by atoms with Gasteiger partial charge in [0.15, 0.2) is 11.5 Å². The maximum Gasteiger partial charge on any atom is 0.291 e. The molecule has 0 aliphatic rings. The fraction of sp³-hybridized carbons (Fsp3) is 0. The Balaban J connectivity index is 2.03. The molecule has 1 heterocycles. The number of pyridine rings is 1. The summed E-state index contributed by atoms with van der Waals surface area (Å²) in [7, 11) is 0. The molecular formula is C12H8ClF2N3O. The summed E-state index contributed by atoms with van der Waals surface area (Å²) < 4.78 is 25.9. The van der Waals surface area contributed by atoms with Crippen LogP contribution in [0.15, 0.2) is 36.5 Å². The average Bonchev–Trinajstić information content (AvgIpc) is 2.37. The van der Waals surface area contributed by atoms with E-state index in [0.29, 0.717) is 16.8 Å². The van der Waals surface area contributed by atoms with Gasteiger partial charge in [-0.05, 0) is 24.3 Å². The van der Waals surface area contributed by atoms with Gasteiger partial charge in [0, 0.05) is 11.1 Å². The molecule has 1 aromatic heterocycles. The lowest BCUT2D eigenvalue weighted by molar-refractivity contribution is 0.0953. The summed E-state index contributed by atoms with van der Waals surface area (Å²) in [6.45, 7) is 0. The van der Waals surface area contributed by atoms with Crippen molar-refractivity contribution in [2.45, 2.75) is 0 Å². The molecule has 0 spiro atoms. The maximum absolute atomic E-state index is 13.3. The van der Waals surface area contributed by atoms with Crippen LogP contribution in [0.4, 0.5) is 14.5 Å². The van der Waals surface area contributed by atoms with Crippen LogP contribution in [0.3, 0.4) is 0 Å². The second kappa shape index (κ2) is 5.62. The number of rotatable bonds is 3. The van der Waals surface area contributed by atoms with Gasteiger partial charge < -0.3 is 0 Å². The number of nitrogens with zero attached hydrogens (tertiary/aromatic N) is 1. The van der Waals surface area contributed by atoms with Crippen molar-refractivity contribution in [1.82, 2.24) is 10.4 Å². The van der Waals surface area contributed by atoms with Gasteiger partial charge in [0.1, 0.15) is 5.82 Å². The van der Waals surface area contributed by atoms with Crippen molar-refractivity contribution in [3.8, 4) is 0 Å². The average molecular weight is 284 g/mol. The van der Waals surface area contributed by atoms with E-state index >= 15 is 0 Å². The first-order valence-electron chi connectivity index (χ1n) is 5.19. The summed E-state index contributed by atoms with van der Waals surface area (Å²) in [5, 5.41) is 0.545. The highest BCUT2D eigenvalue weighted by Gasteiger charge is 2.13. The van der Waals surface area contributed by atoms with E-state index in [2.05, 4.69) is 15.8 Å². The lowest BCUT2D eigenvalue weighted by atomic mass is 10.3. The molecule has 0 bridgehead atoms. The Labute approximate surface area is 112 Å². The Kier molecular flexibility index (Phi) is 3.91. The summed E-state index contributed by atoms with van der Waals surface area (Å²) in [6.07, 6.45) is 0.764. The van der Waals surface area contributed by atoms with Crippen LogP contribution in [-0.2, 0) is 0 Å². The minimum Gasteiger partial charge on any atom is -0.298 e. The molecule has 0 aliphatic heterocycles. The van der Waals surface area contributed by atoms with Gasteiger partial charge in [-0.1, -0.05) is 11.6 Å². The number of hydrazine groups is 1. The van der Waals surface area contributed by atoms with Gasteiger partial charge in [0.05, 0.1) is 11.9 Å². The van der Waals surface area contributed by atoms with Crippen molar-refractivity contribution in [3.05, 3.63) is 58.9 Å². The number of nitrogens with one attached hydrogen (secondary N) is 2. The van der Waals surface area contributed by atoms with Gasteiger partial charge in [-0.3, -0.25) is 15.6 Å². The normalized spacial score (nSPS) is 10.1. The van der Waals surface area contributed by atoms with E-state index in [1.807, 2.05) is 0 Å². The topological polar surface area (TPSA) is 54.0 Å². The van der Waals surface area contributed by atoms with Crippen LogP contribution in [0.2, 0.25) is 5.02 Å². The first-order valence-corrected chi connectivity index (χ1v) is 5.57. The minimum atomic E-state index is -1.03. The van der Waals surface area contributed by atoms with Crippen molar-refractivity contribution < 1.29 is 13.6 Å². The fourth-order valence-electron chi connectivity index (χ4n) is 1.30. The predicted octanol–water partition coefficient (Wildman–Crippen LogP) is 2.77. The summed E-state index contributed by atoms with van der Waals surface area (Å²) in [6, 6.07) is 7.07. The Morgan fingerprint density at radius 2 is 1.89 bits per heavy atom. The number of carbonyl (C=O) groups excluding carboxylic acids is 1. The third kappa shape index (κ3) is 3.38. The van der Waals surface area contributed by atoms with Crippen molar-refractivity contribution in [3.63, 3.8) is 0 Å². The zero-order valence-corrected chi connectivity index (χ0v) is 10.2. The second-order valence-corrected chi connectivity index (χ2v) is 4.01. The van der Waals surface area contributed by atoms with Gasteiger partial charge in [-0.15, -0.1) is 0 Å². The van der Waals surface area contributed by atoms with Gasteiger partial charge in [0.25, 0.3) is 5.91 Å². The summed E-state index contributed by atoms with van der Waals surface area (Å²) in [5.74, 6) is -2.69. The number of halogens is 3. The molecular weight excluding hydrogens is 276 g/mol. The molecule has 0 atom stereocenters. The maximum atomic E-state index is 13.3. The van der Waals surface area contributed by atoms with Crippen LogP contribution < -0.4 is 10.9 Å². The first kappa shape index (κ1) is 13.2. The number of aromatic nitrogens is 1. The largest absolute Gasteiger partial charge is 0.298 e. The molecule has 0 radical (unpaired) electrons. The molecule has 2 N–H and O–H groups in total. The van der Waals surface area contributed by atoms with Crippen LogP contribution in [0.25, 0.3) is 0 Å². The van der Waals surface area contributed by atoms with E-state index in [0.717, 1.165) is 6.20 Å². The van der Waals surface area contributed by atoms with Crippen LogP contribution in [-0.4, -0.2) is 10.9 Å². The highest BCUT2D eigenvalue weighted by atomic mass is 35.5. The lowest BCUT2D eigenvalue weighted by Crippen LogP contribution is -2.30. The molecule has 0 fully saturated rings. The molecule has 0 unspecified atom stereocenters. The van der Waals surface area contributed by atoms with Crippen LogP contribution in [0.1, 0.15) is 10.5 Å². The van der Waals surface area contributed by atoms with Crippen molar-refractivity contribution in [2.24, 2.45) is 0 Å². The van der Waals surface area contributed by atoms with Gasteiger partial charge in [-0.25, -0.2) is 13.8 Å². The summed E-state index contributed by atoms with van der Waals surface area (Å²) >= 11 is 5.70. The number of hydrogen-bond donors (Lipinski definition) is 2. The molecule has 0 saturated heterocycles. The van der Waals surface area contributed by atoms with E-state index in [-0.39, 0.29) is 0 Å². The molecule has 2 rings (SSSR count). The molecule has 0 aliphatic carbocycles. The Morgan fingerprint density at radius 1 is 1.21 bits per heavy atom. The number of amides is 1. The first-order chi connectivity index (χ1) is 9.06. The quantitative estimate of drug-likeness (QED) is 0.852. The number of benzene rings is 1. The lowest BCUT2D eigenvalue weighted by Gasteiger charge is -2.08.